The number of amides is 1. The second-order valence-electron chi connectivity index (χ2n) is 5.86. The third-order valence-corrected chi connectivity index (χ3v) is 4.01. The molecule has 25 heavy (non-hydrogen) atoms. The summed E-state index contributed by atoms with van der Waals surface area (Å²) in [6, 6.07) is 15.2. The Labute approximate surface area is 148 Å². The van der Waals surface area contributed by atoms with Gasteiger partial charge in [0.25, 0.3) is 0 Å². The molecule has 4 nitrogen and oxygen atoms in total. The van der Waals surface area contributed by atoms with Gasteiger partial charge in [0.15, 0.2) is 12.4 Å². The zero-order chi connectivity index (χ0) is 18.2. The van der Waals surface area contributed by atoms with Crippen molar-refractivity contribution in [2.24, 2.45) is 5.92 Å². The van der Waals surface area contributed by atoms with E-state index < -0.39 is 0 Å². The fourth-order valence-corrected chi connectivity index (χ4v) is 2.15. The summed E-state index contributed by atoms with van der Waals surface area (Å²) in [6.07, 6.45) is 2.06. The first-order valence-corrected chi connectivity index (χ1v) is 8.33. The Hall–Kier alpha value is -2.88. The third kappa shape index (κ3) is 5.31. The number of rotatable bonds is 8. The molecular formula is C21H23NO3. The van der Waals surface area contributed by atoms with Crippen LogP contribution in [0.1, 0.15) is 20.3 Å². The van der Waals surface area contributed by atoms with Crippen LogP contribution in [-0.4, -0.2) is 18.3 Å². The predicted octanol–water partition coefficient (Wildman–Crippen LogP) is 4.47. The molecule has 0 saturated heterocycles. The summed E-state index contributed by atoms with van der Waals surface area (Å²) >= 11 is 0. The summed E-state index contributed by atoms with van der Waals surface area (Å²) in [6.45, 7) is 7.31. The second kappa shape index (κ2) is 8.83. The molecule has 1 amide bonds. The van der Waals surface area contributed by atoms with Crippen LogP contribution >= 0.6 is 0 Å². The van der Waals surface area contributed by atoms with E-state index in [-0.39, 0.29) is 24.2 Å². The van der Waals surface area contributed by atoms with Crippen LogP contribution in [0.4, 0.5) is 5.69 Å². The molecule has 0 aliphatic carbocycles. The van der Waals surface area contributed by atoms with E-state index in [2.05, 4.69) is 11.9 Å². The zero-order valence-electron chi connectivity index (χ0n) is 14.6. The highest BCUT2D eigenvalue weighted by Crippen LogP contribution is 2.24. The smallest absolute Gasteiger partial charge is 0.227 e. The molecular weight excluding hydrogens is 314 g/mol. The van der Waals surface area contributed by atoms with Crippen LogP contribution in [-0.2, 0) is 9.59 Å². The molecule has 0 bridgehead atoms. The second-order valence-corrected chi connectivity index (χ2v) is 5.86. The van der Waals surface area contributed by atoms with Crippen molar-refractivity contribution in [3.05, 3.63) is 61.2 Å². The minimum atomic E-state index is -0.154. The normalized spacial score (nSPS) is 11.4. The molecule has 0 saturated carbocycles. The molecule has 1 N–H and O–H groups in total. The number of benzene rings is 2. The zero-order valence-corrected chi connectivity index (χ0v) is 14.6. The average molecular weight is 337 g/mol. The molecule has 1 unspecified atom stereocenters. The van der Waals surface area contributed by atoms with Gasteiger partial charge >= 0.3 is 0 Å². The van der Waals surface area contributed by atoms with E-state index in [0.717, 1.165) is 23.2 Å². The predicted molar refractivity (Wildman–Crippen MR) is 101 cm³/mol. The minimum Gasteiger partial charge on any atom is -0.485 e. The number of carbonyl (C=O) groups is 2. The van der Waals surface area contributed by atoms with Gasteiger partial charge in [-0.3, -0.25) is 9.59 Å². The van der Waals surface area contributed by atoms with Crippen LogP contribution in [0.2, 0.25) is 0 Å². The lowest BCUT2D eigenvalue weighted by atomic mass is 10.0. The van der Waals surface area contributed by atoms with Crippen molar-refractivity contribution in [1.82, 2.24) is 0 Å². The number of nitrogens with one attached hydrogen (secondary N) is 1. The topological polar surface area (TPSA) is 55.4 Å². The Kier molecular flexibility index (Phi) is 6.52. The van der Waals surface area contributed by atoms with Crippen molar-refractivity contribution in [2.45, 2.75) is 20.3 Å². The molecule has 1 atom stereocenters. The lowest BCUT2D eigenvalue weighted by Gasteiger charge is -2.11. The van der Waals surface area contributed by atoms with Crippen LogP contribution in [0.3, 0.4) is 0 Å². The SMILES string of the molecule is C=CC(=O)COc1ccc(-c2ccc(NC(=O)C(C)CC)cc2)cc1. The Morgan fingerprint density at radius 2 is 1.64 bits per heavy atom. The number of anilines is 1. The monoisotopic (exact) mass is 337 g/mol. The standard InChI is InChI=1S/C21H23NO3/c1-4-15(3)21(24)22-18-10-6-16(7-11-18)17-8-12-20(13-9-17)25-14-19(23)5-2/h5-13,15H,2,4,14H2,1,3H3,(H,22,24). The summed E-state index contributed by atoms with van der Waals surface area (Å²) < 4.78 is 5.38. The van der Waals surface area contributed by atoms with Crippen molar-refractivity contribution in [3.8, 4) is 16.9 Å². The molecule has 0 aliphatic rings. The van der Waals surface area contributed by atoms with Gasteiger partial charge in [0.1, 0.15) is 5.75 Å². The van der Waals surface area contributed by atoms with E-state index in [4.69, 9.17) is 4.74 Å². The molecule has 0 aliphatic heterocycles. The number of ether oxygens (including phenoxy) is 1. The van der Waals surface area contributed by atoms with E-state index in [9.17, 15) is 9.59 Å². The van der Waals surface area contributed by atoms with Gasteiger partial charge in [-0.15, -0.1) is 0 Å². The van der Waals surface area contributed by atoms with Gasteiger partial charge in [-0.05, 0) is 47.9 Å². The first-order chi connectivity index (χ1) is 12.0. The van der Waals surface area contributed by atoms with Gasteiger partial charge in [-0.2, -0.15) is 0 Å². The quantitative estimate of drug-likeness (QED) is 0.723. The molecule has 0 spiro atoms. The van der Waals surface area contributed by atoms with E-state index in [1.165, 1.54) is 6.08 Å². The van der Waals surface area contributed by atoms with Crippen molar-refractivity contribution in [2.75, 3.05) is 11.9 Å². The fraction of sp³-hybridized carbons (Fsp3) is 0.238. The number of hydrogen-bond donors (Lipinski definition) is 1. The summed E-state index contributed by atoms with van der Waals surface area (Å²) in [5.74, 6) is 0.515. The molecule has 0 radical (unpaired) electrons. The van der Waals surface area contributed by atoms with Crippen LogP contribution in [0.25, 0.3) is 11.1 Å². The van der Waals surface area contributed by atoms with Gasteiger partial charge in [-0.25, -0.2) is 0 Å². The van der Waals surface area contributed by atoms with Crippen molar-refractivity contribution < 1.29 is 14.3 Å². The molecule has 2 aromatic rings. The summed E-state index contributed by atoms with van der Waals surface area (Å²) in [5.41, 5.74) is 2.86. The van der Waals surface area contributed by atoms with Crippen molar-refractivity contribution in [3.63, 3.8) is 0 Å². The Bertz CT molecular complexity index is 733. The summed E-state index contributed by atoms with van der Waals surface area (Å²) in [4.78, 5) is 23.1. The van der Waals surface area contributed by atoms with Crippen molar-refractivity contribution in [1.29, 1.82) is 0 Å². The highest BCUT2D eigenvalue weighted by molar-refractivity contribution is 5.92. The summed E-state index contributed by atoms with van der Waals surface area (Å²) in [5, 5.41) is 2.91. The molecule has 2 aromatic carbocycles. The molecule has 4 heteroatoms. The first-order valence-electron chi connectivity index (χ1n) is 8.33. The first kappa shape index (κ1) is 18.5. The fourth-order valence-electron chi connectivity index (χ4n) is 2.15. The highest BCUT2D eigenvalue weighted by Gasteiger charge is 2.10. The van der Waals surface area contributed by atoms with Gasteiger partial charge in [0.05, 0.1) is 0 Å². The minimum absolute atomic E-state index is 0.000178. The number of ketones is 1. The van der Waals surface area contributed by atoms with Crippen LogP contribution in [0, 0.1) is 5.92 Å². The van der Waals surface area contributed by atoms with Crippen LogP contribution in [0.5, 0.6) is 5.75 Å². The van der Waals surface area contributed by atoms with E-state index in [1.807, 2.05) is 62.4 Å². The van der Waals surface area contributed by atoms with E-state index in [1.54, 1.807) is 0 Å². The Balaban J connectivity index is 2.00. The maximum Gasteiger partial charge on any atom is 0.227 e. The van der Waals surface area contributed by atoms with E-state index >= 15 is 0 Å². The van der Waals surface area contributed by atoms with Gasteiger partial charge in [0, 0.05) is 11.6 Å². The third-order valence-electron chi connectivity index (χ3n) is 4.01. The Morgan fingerprint density at radius 3 is 2.16 bits per heavy atom. The summed E-state index contributed by atoms with van der Waals surface area (Å²) in [7, 11) is 0. The lowest BCUT2D eigenvalue weighted by molar-refractivity contribution is -0.119. The van der Waals surface area contributed by atoms with Gasteiger partial charge in [-0.1, -0.05) is 44.7 Å². The molecule has 0 heterocycles. The largest absolute Gasteiger partial charge is 0.485 e. The van der Waals surface area contributed by atoms with Gasteiger partial charge < -0.3 is 10.1 Å². The number of carbonyl (C=O) groups excluding carboxylic acids is 2. The number of hydrogen-bond acceptors (Lipinski definition) is 3. The Morgan fingerprint density at radius 1 is 1.08 bits per heavy atom. The molecule has 2 rings (SSSR count). The highest BCUT2D eigenvalue weighted by atomic mass is 16.5. The maximum atomic E-state index is 11.9. The van der Waals surface area contributed by atoms with Crippen molar-refractivity contribution >= 4 is 17.4 Å². The molecule has 0 fully saturated rings. The van der Waals surface area contributed by atoms with E-state index in [0.29, 0.717) is 5.75 Å². The average Bonchev–Trinajstić information content (AvgIpc) is 2.66. The molecule has 0 aromatic heterocycles. The lowest BCUT2D eigenvalue weighted by Crippen LogP contribution is -2.19. The maximum absolute atomic E-state index is 11.9. The van der Waals surface area contributed by atoms with Crippen LogP contribution < -0.4 is 10.1 Å². The molecule has 130 valence electrons. The van der Waals surface area contributed by atoms with Crippen LogP contribution in [0.15, 0.2) is 61.2 Å². The van der Waals surface area contributed by atoms with Gasteiger partial charge in [0.2, 0.25) is 5.91 Å².